The normalized spacial score (nSPS) is 13.4. The van der Waals surface area contributed by atoms with Crippen molar-refractivity contribution in [3.63, 3.8) is 0 Å². The molecule has 2 aromatic carbocycles. The maximum Gasteiger partial charge on any atom is 0.198 e. The number of ketones is 1. The second-order valence-corrected chi connectivity index (χ2v) is 9.43. The van der Waals surface area contributed by atoms with Gasteiger partial charge in [-0.3, -0.25) is 4.79 Å². The fourth-order valence-electron chi connectivity index (χ4n) is 3.45. The number of alkyl halides is 1. The smallest absolute Gasteiger partial charge is 0.198 e. The van der Waals surface area contributed by atoms with Crippen LogP contribution in [0.2, 0.25) is 0 Å². The molecule has 0 N–H and O–H groups in total. The largest absolute Gasteiger partial charge is 0.493 e. The molecule has 2 unspecified atom stereocenters. The summed E-state index contributed by atoms with van der Waals surface area (Å²) in [5.74, 6) is 1.27. The van der Waals surface area contributed by atoms with E-state index in [9.17, 15) is 4.79 Å². The highest BCUT2D eigenvalue weighted by Crippen LogP contribution is 2.35. The van der Waals surface area contributed by atoms with Crippen molar-refractivity contribution in [2.45, 2.75) is 44.9 Å². The Labute approximate surface area is 180 Å². The van der Waals surface area contributed by atoms with Crippen molar-refractivity contribution in [1.82, 2.24) is 0 Å². The topological polar surface area (TPSA) is 26.3 Å². The Balaban J connectivity index is 1.86. The Bertz CT molecular complexity index is 947. The molecular formula is C24H27BrO2S. The molecule has 1 heterocycles. The van der Waals surface area contributed by atoms with Crippen molar-refractivity contribution in [1.29, 1.82) is 0 Å². The van der Waals surface area contributed by atoms with Gasteiger partial charge in [-0.05, 0) is 43.4 Å². The van der Waals surface area contributed by atoms with Crippen LogP contribution in [0.3, 0.4) is 0 Å². The number of rotatable bonds is 9. The van der Waals surface area contributed by atoms with Gasteiger partial charge in [-0.25, -0.2) is 0 Å². The molecule has 0 bridgehead atoms. The van der Waals surface area contributed by atoms with Gasteiger partial charge in [-0.1, -0.05) is 67.0 Å². The Morgan fingerprint density at radius 3 is 2.57 bits per heavy atom. The summed E-state index contributed by atoms with van der Waals surface area (Å²) < 4.78 is 7.23. The fraction of sp³-hybridized carbons (Fsp3) is 0.375. The summed E-state index contributed by atoms with van der Waals surface area (Å²) in [6, 6.07) is 15.8. The van der Waals surface area contributed by atoms with Crippen LogP contribution in [0.15, 0.2) is 48.5 Å². The number of thiophene rings is 1. The Morgan fingerprint density at radius 1 is 1.11 bits per heavy atom. The predicted molar refractivity (Wildman–Crippen MR) is 123 cm³/mol. The highest BCUT2D eigenvalue weighted by molar-refractivity contribution is 9.09. The number of aryl methyl sites for hydroxylation is 1. The van der Waals surface area contributed by atoms with Crippen LogP contribution in [0, 0.1) is 5.92 Å². The Morgan fingerprint density at radius 2 is 1.82 bits per heavy atom. The summed E-state index contributed by atoms with van der Waals surface area (Å²) in [6.07, 6.45) is 2.90. The maximum absolute atomic E-state index is 13.5. The zero-order valence-corrected chi connectivity index (χ0v) is 19.1. The molecule has 1 aromatic heterocycles. The maximum atomic E-state index is 13.5. The third-order valence-corrected chi connectivity index (χ3v) is 8.05. The van der Waals surface area contributed by atoms with Gasteiger partial charge in [0, 0.05) is 25.4 Å². The van der Waals surface area contributed by atoms with Crippen molar-refractivity contribution in [2.75, 3.05) is 6.61 Å². The van der Waals surface area contributed by atoms with Crippen molar-refractivity contribution >= 4 is 43.1 Å². The first-order valence-corrected chi connectivity index (χ1v) is 11.7. The van der Waals surface area contributed by atoms with E-state index in [-0.39, 0.29) is 5.78 Å². The van der Waals surface area contributed by atoms with Crippen LogP contribution in [0.5, 0.6) is 5.75 Å². The zero-order valence-electron chi connectivity index (χ0n) is 16.7. The fourth-order valence-corrected chi connectivity index (χ4v) is 4.85. The lowest BCUT2D eigenvalue weighted by molar-refractivity contribution is 0.103. The van der Waals surface area contributed by atoms with Crippen LogP contribution in [-0.2, 0) is 6.42 Å². The van der Waals surface area contributed by atoms with E-state index in [1.54, 1.807) is 11.3 Å². The lowest BCUT2D eigenvalue weighted by Crippen LogP contribution is -2.14. The first kappa shape index (κ1) is 21.1. The van der Waals surface area contributed by atoms with Gasteiger partial charge >= 0.3 is 0 Å². The number of halogens is 1. The number of benzene rings is 2. The lowest BCUT2D eigenvalue weighted by Gasteiger charge is -2.17. The molecule has 2 atom stereocenters. The molecule has 0 aliphatic rings. The lowest BCUT2D eigenvalue weighted by atomic mass is 9.98. The number of hydrogen-bond donors (Lipinski definition) is 0. The molecule has 0 saturated carbocycles. The molecular weight excluding hydrogens is 432 g/mol. The molecule has 0 spiro atoms. The minimum Gasteiger partial charge on any atom is -0.493 e. The van der Waals surface area contributed by atoms with E-state index >= 15 is 0 Å². The van der Waals surface area contributed by atoms with Crippen LogP contribution in [0.4, 0.5) is 0 Å². The quantitative estimate of drug-likeness (QED) is 0.248. The molecule has 148 valence electrons. The summed E-state index contributed by atoms with van der Waals surface area (Å²) in [4.78, 5) is 15.1. The van der Waals surface area contributed by atoms with Crippen LogP contribution in [0.1, 0.15) is 54.4 Å². The van der Waals surface area contributed by atoms with Gasteiger partial charge in [0.05, 0.1) is 12.2 Å². The van der Waals surface area contributed by atoms with Gasteiger partial charge < -0.3 is 4.74 Å². The molecule has 0 aliphatic carbocycles. The summed E-state index contributed by atoms with van der Waals surface area (Å²) in [6.45, 7) is 7.13. The molecule has 0 fully saturated rings. The molecule has 4 heteroatoms. The number of ether oxygens (including phenoxy) is 1. The standard InChI is InChI=1S/C24H27BrO2S/c1-4-19(25)16(3)14-15-27-20-12-8-6-10-17(20)24(26)23-18-11-7-9-13-22(18)28-21(23)5-2/h6-13,16,19H,4-5,14-15H2,1-3H3. The summed E-state index contributed by atoms with van der Waals surface area (Å²) in [5.41, 5.74) is 1.48. The second kappa shape index (κ2) is 9.71. The van der Waals surface area contributed by atoms with Crippen molar-refractivity contribution in [3.05, 3.63) is 64.5 Å². The summed E-state index contributed by atoms with van der Waals surface area (Å²) in [7, 11) is 0. The first-order valence-electron chi connectivity index (χ1n) is 9.97. The molecule has 2 nitrogen and oxygen atoms in total. The van der Waals surface area contributed by atoms with Crippen LogP contribution in [0.25, 0.3) is 10.1 Å². The minimum absolute atomic E-state index is 0.0601. The highest BCUT2D eigenvalue weighted by Gasteiger charge is 2.22. The minimum atomic E-state index is 0.0601. The Hall–Kier alpha value is -1.65. The summed E-state index contributed by atoms with van der Waals surface area (Å²) >= 11 is 5.44. The van der Waals surface area contributed by atoms with Gasteiger partial charge in [0.25, 0.3) is 0 Å². The van der Waals surface area contributed by atoms with Gasteiger partial charge in [0.15, 0.2) is 5.78 Å². The van der Waals surface area contributed by atoms with E-state index in [0.717, 1.165) is 39.8 Å². The number of para-hydroxylation sites is 1. The van der Waals surface area contributed by atoms with Gasteiger partial charge in [-0.15, -0.1) is 11.3 Å². The number of hydrogen-bond acceptors (Lipinski definition) is 3. The van der Waals surface area contributed by atoms with Crippen molar-refractivity contribution in [2.24, 2.45) is 5.92 Å². The van der Waals surface area contributed by atoms with E-state index in [1.165, 1.54) is 0 Å². The van der Waals surface area contributed by atoms with Gasteiger partial charge in [-0.2, -0.15) is 0 Å². The zero-order chi connectivity index (χ0) is 20.1. The molecule has 28 heavy (non-hydrogen) atoms. The number of carbonyl (C=O) groups excluding carboxylic acids is 1. The van der Waals surface area contributed by atoms with Crippen molar-refractivity contribution in [3.8, 4) is 5.75 Å². The van der Waals surface area contributed by atoms with Crippen LogP contribution < -0.4 is 4.74 Å². The number of carbonyl (C=O) groups is 1. The van der Waals surface area contributed by atoms with E-state index in [4.69, 9.17) is 4.74 Å². The van der Waals surface area contributed by atoms with E-state index in [0.29, 0.717) is 28.7 Å². The Kier molecular flexibility index (Phi) is 7.30. The third-order valence-electron chi connectivity index (χ3n) is 5.19. The first-order chi connectivity index (χ1) is 13.6. The second-order valence-electron chi connectivity index (χ2n) is 7.11. The van der Waals surface area contributed by atoms with Crippen LogP contribution in [-0.4, -0.2) is 17.2 Å². The molecule has 3 aromatic rings. The van der Waals surface area contributed by atoms with Crippen molar-refractivity contribution < 1.29 is 9.53 Å². The third kappa shape index (κ3) is 4.49. The molecule has 3 rings (SSSR count). The van der Waals surface area contributed by atoms with E-state index in [1.807, 2.05) is 42.5 Å². The average molecular weight is 459 g/mol. The molecule has 0 radical (unpaired) electrons. The average Bonchev–Trinajstić information content (AvgIpc) is 3.11. The predicted octanol–water partition coefficient (Wildman–Crippen LogP) is 7.27. The molecule has 0 saturated heterocycles. The van der Waals surface area contributed by atoms with E-state index in [2.05, 4.69) is 42.8 Å². The van der Waals surface area contributed by atoms with Gasteiger partial charge in [0.1, 0.15) is 5.75 Å². The highest BCUT2D eigenvalue weighted by atomic mass is 79.9. The van der Waals surface area contributed by atoms with Gasteiger partial charge in [0.2, 0.25) is 0 Å². The van der Waals surface area contributed by atoms with Crippen LogP contribution >= 0.6 is 27.3 Å². The van der Waals surface area contributed by atoms with E-state index < -0.39 is 0 Å². The monoisotopic (exact) mass is 458 g/mol. The summed E-state index contributed by atoms with van der Waals surface area (Å²) in [5, 5.41) is 1.04. The number of fused-ring (bicyclic) bond motifs is 1. The molecule has 0 aliphatic heterocycles. The molecule has 0 amide bonds. The SMILES string of the molecule is CCc1sc2ccccc2c1C(=O)c1ccccc1OCCC(C)C(Br)CC.